The quantitative estimate of drug-likeness (QED) is 0.741. The molecule has 0 saturated carbocycles. The third-order valence-corrected chi connectivity index (χ3v) is 5.32. The highest BCUT2D eigenvalue weighted by Gasteiger charge is 2.34. The highest BCUT2D eigenvalue weighted by atomic mass is 35.5. The average molecular weight is 430 g/mol. The van der Waals surface area contributed by atoms with Gasteiger partial charge in [-0.1, -0.05) is 53.5 Å². The summed E-state index contributed by atoms with van der Waals surface area (Å²) in [6.07, 6.45) is 0.303. The van der Waals surface area contributed by atoms with Gasteiger partial charge < -0.3 is 15.4 Å². The molecule has 27 heavy (non-hydrogen) atoms. The number of likely N-dealkylation sites (tertiary alicyclic amines) is 1. The molecule has 0 aliphatic carbocycles. The molecule has 1 aliphatic rings. The lowest BCUT2D eigenvalue weighted by molar-refractivity contribution is -0.130. The normalized spacial score (nSPS) is 18.9. The number of halogens is 3. The summed E-state index contributed by atoms with van der Waals surface area (Å²) < 4.78 is 5.62. The van der Waals surface area contributed by atoms with Crippen LogP contribution in [0.25, 0.3) is 0 Å². The van der Waals surface area contributed by atoms with Crippen molar-refractivity contribution in [3.05, 3.63) is 64.1 Å². The van der Waals surface area contributed by atoms with E-state index in [1.54, 1.807) is 18.2 Å². The van der Waals surface area contributed by atoms with Crippen molar-refractivity contribution in [1.82, 2.24) is 4.90 Å². The lowest BCUT2D eigenvalue weighted by Crippen LogP contribution is -2.30. The Bertz CT molecular complexity index is 758. The van der Waals surface area contributed by atoms with E-state index in [1.165, 1.54) is 5.56 Å². The molecule has 3 rings (SSSR count). The minimum absolute atomic E-state index is 0. The molecule has 0 unspecified atom stereocenters. The fraction of sp³-hybridized carbons (Fsp3) is 0.350. The van der Waals surface area contributed by atoms with Crippen molar-refractivity contribution >= 4 is 41.5 Å². The van der Waals surface area contributed by atoms with Crippen LogP contribution >= 0.6 is 35.6 Å². The number of nitrogens with two attached hydrogens (primary N) is 1. The molecule has 2 N–H and O–H groups in total. The van der Waals surface area contributed by atoms with Crippen LogP contribution in [-0.2, 0) is 4.79 Å². The third kappa shape index (κ3) is 5.52. The van der Waals surface area contributed by atoms with Crippen LogP contribution < -0.4 is 10.5 Å². The summed E-state index contributed by atoms with van der Waals surface area (Å²) in [5.74, 6) is 1.18. The van der Waals surface area contributed by atoms with E-state index in [0.717, 1.165) is 0 Å². The second-order valence-electron chi connectivity index (χ2n) is 6.48. The Morgan fingerprint density at radius 1 is 1.15 bits per heavy atom. The smallest absolute Gasteiger partial charge is 0.226 e. The van der Waals surface area contributed by atoms with Crippen molar-refractivity contribution in [3.8, 4) is 5.75 Å². The van der Waals surface area contributed by atoms with Gasteiger partial charge in [0.1, 0.15) is 5.75 Å². The zero-order valence-corrected chi connectivity index (χ0v) is 17.1. The number of benzene rings is 2. The van der Waals surface area contributed by atoms with Crippen molar-refractivity contribution < 1.29 is 9.53 Å². The van der Waals surface area contributed by atoms with Crippen molar-refractivity contribution in [1.29, 1.82) is 0 Å². The van der Waals surface area contributed by atoms with Crippen molar-refractivity contribution in [2.75, 3.05) is 26.2 Å². The molecule has 0 spiro atoms. The fourth-order valence-electron chi connectivity index (χ4n) is 3.39. The fourth-order valence-corrected chi connectivity index (χ4v) is 3.85. The predicted octanol–water partition coefficient (Wildman–Crippen LogP) is 4.39. The molecule has 2 aromatic rings. The van der Waals surface area contributed by atoms with Gasteiger partial charge in [-0.3, -0.25) is 4.79 Å². The standard InChI is InChI=1S/C20H22Cl2N2O2.ClH/c21-16-6-7-19(18(22)10-16)26-9-8-20(25)24-12-15(11-23)17(13-24)14-4-2-1-3-5-14;/h1-7,10,15,17H,8-9,11-13,23H2;1H/t15-,17+;/m1./s1. The van der Waals surface area contributed by atoms with E-state index in [0.29, 0.717) is 41.8 Å². The van der Waals surface area contributed by atoms with Crippen LogP contribution in [-0.4, -0.2) is 37.0 Å². The Morgan fingerprint density at radius 2 is 1.89 bits per heavy atom. The number of rotatable bonds is 6. The molecular weight excluding hydrogens is 407 g/mol. The van der Waals surface area contributed by atoms with Gasteiger partial charge in [0.2, 0.25) is 5.91 Å². The van der Waals surface area contributed by atoms with Gasteiger partial charge in [0.25, 0.3) is 0 Å². The van der Waals surface area contributed by atoms with Crippen molar-refractivity contribution in [2.24, 2.45) is 11.7 Å². The van der Waals surface area contributed by atoms with Crippen LogP contribution in [0.5, 0.6) is 5.75 Å². The highest BCUT2D eigenvalue weighted by Crippen LogP contribution is 2.32. The minimum atomic E-state index is 0. The number of carbonyl (C=O) groups excluding carboxylic acids is 1. The number of carbonyl (C=O) groups is 1. The van der Waals surface area contributed by atoms with E-state index in [-0.39, 0.29) is 36.8 Å². The van der Waals surface area contributed by atoms with Gasteiger partial charge in [-0.2, -0.15) is 0 Å². The first-order chi connectivity index (χ1) is 12.6. The molecule has 2 aromatic carbocycles. The van der Waals surface area contributed by atoms with Gasteiger partial charge in [0, 0.05) is 24.0 Å². The molecule has 0 bridgehead atoms. The van der Waals surface area contributed by atoms with Gasteiger partial charge in [-0.25, -0.2) is 0 Å². The Hall–Kier alpha value is -1.46. The maximum absolute atomic E-state index is 12.6. The van der Waals surface area contributed by atoms with E-state index >= 15 is 0 Å². The molecule has 4 nitrogen and oxygen atoms in total. The molecule has 1 amide bonds. The van der Waals surface area contributed by atoms with Crippen LogP contribution in [0.3, 0.4) is 0 Å². The molecule has 1 saturated heterocycles. The first-order valence-electron chi connectivity index (χ1n) is 8.69. The second-order valence-corrected chi connectivity index (χ2v) is 7.33. The van der Waals surface area contributed by atoms with Gasteiger partial charge in [0.05, 0.1) is 18.1 Å². The van der Waals surface area contributed by atoms with E-state index in [2.05, 4.69) is 12.1 Å². The Morgan fingerprint density at radius 3 is 2.56 bits per heavy atom. The third-order valence-electron chi connectivity index (χ3n) is 4.79. The van der Waals surface area contributed by atoms with Gasteiger partial charge in [-0.05, 0) is 36.2 Å². The van der Waals surface area contributed by atoms with E-state index in [1.807, 2.05) is 23.1 Å². The summed E-state index contributed by atoms with van der Waals surface area (Å²) in [6.45, 7) is 2.24. The lowest BCUT2D eigenvalue weighted by atomic mass is 9.89. The number of nitrogens with zero attached hydrogens (tertiary/aromatic N) is 1. The molecule has 0 radical (unpaired) electrons. The molecule has 1 heterocycles. The van der Waals surface area contributed by atoms with Crippen LogP contribution in [0.15, 0.2) is 48.5 Å². The second kappa shape index (κ2) is 10.2. The summed E-state index contributed by atoms with van der Waals surface area (Å²) in [5, 5.41) is 0.994. The van der Waals surface area contributed by atoms with Crippen molar-refractivity contribution in [3.63, 3.8) is 0 Å². The number of hydrogen-bond acceptors (Lipinski definition) is 3. The van der Waals surface area contributed by atoms with Crippen LogP contribution in [0.4, 0.5) is 0 Å². The molecule has 146 valence electrons. The van der Waals surface area contributed by atoms with Gasteiger partial charge >= 0.3 is 0 Å². The van der Waals surface area contributed by atoms with Gasteiger partial charge in [-0.15, -0.1) is 12.4 Å². The minimum Gasteiger partial charge on any atom is -0.491 e. The Kier molecular flexibility index (Phi) is 8.24. The monoisotopic (exact) mass is 428 g/mol. The summed E-state index contributed by atoms with van der Waals surface area (Å²) in [5.41, 5.74) is 7.18. The first-order valence-corrected chi connectivity index (χ1v) is 9.44. The number of hydrogen-bond donors (Lipinski definition) is 1. The van der Waals surface area contributed by atoms with Crippen LogP contribution in [0, 0.1) is 5.92 Å². The Labute approximate surface area is 176 Å². The van der Waals surface area contributed by atoms with Crippen molar-refractivity contribution in [2.45, 2.75) is 12.3 Å². The number of amides is 1. The summed E-state index contributed by atoms with van der Waals surface area (Å²) >= 11 is 11.9. The van der Waals surface area contributed by atoms with E-state index in [9.17, 15) is 4.79 Å². The SMILES string of the molecule is Cl.NC[C@@H]1CN(C(=O)CCOc2ccc(Cl)cc2Cl)C[C@H]1c1ccccc1. The summed E-state index contributed by atoms with van der Waals surface area (Å²) in [4.78, 5) is 14.5. The van der Waals surface area contributed by atoms with Crippen LogP contribution in [0.2, 0.25) is 10.0 Å². The molecule has 0 aromatic heterocycles. The zero-order chi connectivity index (χ0) is 18.5. The van der Waals surface area contributed by atoms with Crippen LogP contribution in [0.1, 0.15) is 17.9 Å². The average Bonchev–Trinajstić information content (AvgIpc) is 3.09. The molecule has 2 atom stereocenters. The first kappa shape index (κ1) is 21.8. The maximum Gasteiger partial charge on any atom is 0.226 e. The Balaban J connectivity index is 0.00000261. The summed E-state index contributed by atoms with van der Waals surface area (Å²) in [7, 11) is 0. The zero-order valence-electron chi connectivity index (χ0n) is 14.8. The summed E-state index contributed by atoms with van der Waals surface area (Å²) in [6, 6.07) is 15.3. The van der Waals surface area contributed by atoms with E-state index < -0.39 is 0 Å². The molecule has 7 heteroatoms. The lowest BCUT2D eigenvalue weighted by Gasteiger charge is -2.17. The molecule has 1 fully saturated rings. The largest absolute Gasteiger partial charge is 0.491 e. The van der Waals surface area contributed by atoms with E-state index in [4.69, 9.17) is 33.7 Å². The molecule has 1 aliphatic heterocycles. The highest BCUT2D eigenvalue weighted by molar-refractivity contribution is 6.35. The number of ether oxygens (including phenoxy) is 1. The molecular formula is C20H23Cl3N2O2. The van der Waals surface area contributed by atoms with Gasteiger partial charge in [0.15, 0.2) is 0 Å². The predicted molar refractivity (Wildman–Crippen MR) is 112 cm³/mol. The maximum atomic E-state index is 12.6. The topological polar surface area (TPSA) is 55.6 Å².